The normalized spacial score (nSPS) is 17.5. The van der Waals surface area contributed by atoms with Gasteiger partial charge in [-0.1, -0.05) is 25.9 Å². The lowest BCUT2D eigenvalue weighted by Gasteiger charge is -2.32. The first-order chi connectivity index (χ1) is 11.8. The van der Waals surface area contributed by atoms with E-state index in [2.05, 4.69) is 25.4 Å². The van der Waals surface area contributed by atoms with Gasteiger partial charge >= 0.3 is 6.03 Å². The molecule has 0 saturated carbocycles. The molecular weight excluding hydrogens is 320 g/mol. The van der Waals surface area contributed by atoms with Crippen molar-refractivity contribution < 1.29 is 9.32 Å². The summed E-state index contributed by atoms with van der Waals surface area (Å²) in [4.78, 5) is 26.0. The average molecular weight is 346 g/mol. The Bertz CT molecular complexity index is 695. The number of aromatic amines is 1. The van der Waals surface area contributed by atoms with Crippen LogP contribution in [0.3, 0.4) is 0 Å². The van der Waals surface area contributed by atoms with Gasteiger partial charge in [0, 0.05) is 36.3 Å². The monoisotopic (exact) mass is 346 g/mol. The first-order valence-electron chi connectivity index (χ1n) is 8.72. The van der Waals surface area contributed by atoms with E-state index in [1.807, 2.05) is 38.8 Å². The van der Waals surface area contributed by atoms with E-state index >= 15 is 0 Å². The zero-order chi connectivity index (χ0) is 18.0. The zero-order valence-corrected chi connectivity index (χ0v) is 15.2. The minimum Gasteiger partial charge on any atom is -0.348 e. The van der Waals surface area contributed by atoms with E-state index in [1.165, 1.54) is 0 Å². The molecule has 2 aromatic rings. The van der Waals surface area contributed by atoms with Crippen molar-refractivity contribution in [1.29, 1.82) is 0 Å². The third kappa shape index (κ3) is 4.00. The molecule has 0 unspecified atom stereocenters. The molecule has 2 aromatic heterocycles. The van der Waals surface area contributed by atoms with E-state index in [-0.39, 0.29) is 17.5 Å². The number of rotatable bonds is 3. The van der Waals surface area contributed by atoms with Gasteiger partial charge in [0.1, 0.15) is 6.04 Å². The number of aromatic nitrogens is 4. The largest absolute Gasteiger partial charge is 0.348 e. The molecule has 1 fully saturated rings. The number of nitrogens with zero attached hydrogens (tertiary/aromatic N) is 4. The summed E-state index contributed by atoms with van der Waals surface area (Å²) >= 11 is 0. The number of carbonyl (C=O) groups excluding carboxylic acids is 1. The van der Waals surface area contributed by atoms with Crippen LogP contribution in [0.2, 0.25) is 0 Å². The minimum atomic E-state index is -0.318. The van der Waals surface area contributed by atoms with Crippen molar-refractivity contribution >= 4 is 6.03 Å². The van der Waals surface area contributed by atoms with Crippen molar-refractivity contribution in [2.75, 3.05) is 13.1 Å². The molecule has 8 heteroatoms. The van der Waals surface area contributed by atoms with Crippen molar-refractivity contribution in [3.63, 3.8) is 0 Å². The molecule has 25 heavy (non-hydrogen) atoms. The van der Waals surface area contributed by atoms with Gasteiger partial charge in [-0.2, -0.15) is 4.98 Å². The summed E-state index contributed by atoms with van der Waals surface area (Å²) in [6.07, 6.45) is 5.43. The highest BCUT2D eigenvalue weighted by Crippen LogP contribution is 2.26. The Kier molecular flexibility index (Phi) is 4.78. The van der Waals surface area contributed by atoms with E-state index in [0.29, 0.717) is 17.6 Å². The standard InChI is InChI=1S/C17H26N6O2/c1-11(14-21-15(22-25-14)17(2,3)4)20-16(24)23-7-5-12(6-8-23)13-9-18-10-19-13/h9-12H,5-8H2,1-4H3,(H,18,19)(H,20,24)/t11-/m1/s1. The lowest BCUT2D eigenvalue weighted by atomic mass is 9.94. The lowest BCUT2D eigenvalue weighted by molar-refractivity contribution is 0.175. The summed E-state index contributed by atoms with van der Waals surface area (Å²) in [5.74, 6) is 1.52. The lowest BCUT2D eigenvalue weighted by Crippen LogP contribution is -2.44. The van der Waals surface area contributed by atoms with Gasteiger partial charge in [0.05, 0.1) is 6.33 Å². The second-order valence-electron chi connectivity index (χ2n) is 7.65. The fourth-order valence-corrected chi connectivity index (χ4v) is 2.94. The van der Waals surface area contributed by atoms with Crippen molar-refractivity contribution in [3.05, 3.63) is 29.9 Å². The molecule has 3 rings (SSSR count). The maximum Gasteiger partial charge on any atom is 0.318 e. The highest BCUT2D eigenvalue weighted by molar-refractivity contribution is 5.74. The van der Waals surface area contributed by atoms with Gasteiger partial charge in [-0.3, -0.25) is 0 Å². The fraction of sp³-hybridized carbons (Fsp3) is 0.647. The van der Waals surface area contributed by atoms with Crippen LogP contribution in [-0.2, 0) is 5.41 Å². The number of likely N-dealkylation sites (tertiary alicyclic amines) is 1. The van der Waals surface area contributed by atoms with Gasteiger partial charge in [-0.05, 0) is 19.8 Å². The minimum absolute atomic E-state index is 0.0916. The van der Waals surface area contributed by atoms with Crippen molar-refractivity contribution in [3.8, 4) is 0 Å². The first kappa shape index (κ1) is 17.4. The second-order valence-corrected chi connectivity index (χ2v) is 7.65. The molecule has 1 aliphatic rings. The van der Waals surface area contributed by atoms with Crippen LogP contribution < -0.4 is 5.32 Å². The van der Waals surface area contributed by atoms with Crippen LogP contribution in [0.25, 0.3) is 0 Å². The number of hydrogen-bond donors (Lipinski definition) is 2. The molecule has 1 aliphatic heterocycles. The highest BCUT2D eigenvalue weighted by atomic mass is 16.5. The van der Waals surface area contributed by atoms with Crippen LogP contribution >= 0.6 is 0 Å². The summed E-state index contributed by atoms with van der Waals surface area (Å²) in [6.45, 7) is 9.37. The van der Waals surface area contributed by atoms with Gasteiger partial charge in [0.2, 0.25) is 5.89 Å². The number of amides is 2. The van der Waals surface area contributed by atoms with E-state index < -0.39 is 0 Å². The molecule has 2 N–H and O–H groups in total. The predicted octanol–water partition coefficient (Wildman–Crippen LogP) is 2.74. The number of H-pyrrole nitrogens is 1. The zero-order valence-electron chi connectivity index (χ0n) is 15.2. The Hall–Kier alpha value is -2.38. The molecule has 0 spiro atoms. The predicted molar refractivity (Wildman–Crippen MR) is 92.1 cm³/mol. The molecule has 0 aromatic carbocycles. The quantitative estimate of drug-likeness (QED) is 0.890. The molecule has 2 amide bonds. The third-order valence-corrected chi connectivity index (χ3v) is 4.56. The summed E-state index contributed by atoms with van der Waals surface area (Å²) in [6, 6.07) is -0.410. The Labute approximate surface area is 147 Å². The number of nitrogens with one attached hydrogen (secondary N) is 2. The number of hydrogen-bond acceptors (Lipinski definition) is 5. The molecular formula is C17H26N6O2. The number of imidazole rings is 1. The molecule has 0 radical (unpaired) electrons. The highest BCUT2D eigenvalue weighted by Gasteiger charge is 2.27. The van der Waals surface area contributed by atoms with Crippen molar-refractivity contribution in [2.24, 2.45) is 0 Å². The van der Waals surface area contributed by atoms with Gasteiger partial charge in [-0.25, -0.2) is 9.78 Å². The molecule has 136 valence electrons. The van der Waals surface area contributed by atoms with Crippen LogP contribution in [-0.4, -0.2) is 44.1 Å². The number of carbonyl (C=O) groups is 1. The van der Waals surface area contributed by atoms with Crippen LogP contribution in [0.4, 0.5) is 4.79 Å². The van der Waals surface area contributed by atoms with Crippen molar-refractivity contribution in [2.45, 2.75) is 57.9 Å². The fourth-order valence-electron chi connectivity index (χ4n) is 2.94. The van der Waals surface area contributed by atoms with Crippen LogP contribution in [0.15, 0.2) is 17.0 Å². The molecule has 0 bridgehead atoms. The Morgan fingerprint density at radius 3 is 2.68 bits per heavy atom. The van der Waals surface area contributed by atoms with Crippen LogP contribution in [0, 0.1) is 0 Å². The summed E-state index contributed by atoms with van der Waals surface area (Å²) in [7, 11) is 0. The summed E-state index contributed by atoms with van der Waals surface area (Å²) < 4.78 is 5.30. The molecule has 8 nitrogen and oxygen atoms in total. The Morgan fingerprint density at radius 2 is 2.12 bits per heavy atom. The SMILES string of the molecule is C[C@@H](NC(=O)N1CCC(c2cnc[nH]2)CC1)c1nc(C(C)(C)C)no1. The second kappa shape index (κ2) is 6.85. The van der Waals surface area contributed by atoms with Gasteiger partial charge in [0.15, 0.2) is 5.82 Å². The maximum absolute atomic E-state index is 12.5. The average Bonchev–Trinajstić information content (AvgIpc) is 3.26. The van der Waals surface area contributed by atoms with Crippen molar-refractivity contribution in [1.82, 2.24) is 30.3 Å². The first-order valence-corrected chi connectivity index (χ1v) is 8.72. The Balaban J connectivity index is 1.53. The molecule has 0 aliphatic carbocycles. The van der Waals surface area contributed by atoms with Gasteiger partial charge < -0.3 is 19.7 Å². The van der Waals surface area contributed by atoms with Gasteiger partial charge in [0.25, 0.3) is 0 Å². The van der Waals surface area contributed by atoms with E-state index in [9.17, 15) is 4.79 Å². The topological polar surface area (TPSA) is 99.9 Å². The molecule has 1 saturated heterocycles. The van der Waals surface area contributed by atoms with E-state index in [4.69, 9.17) is 4.52 Å². The summed E-state index contributed by atoms with van der Waals surface area (Å²) in [5, 5.41) is 6.96. The summed E-state index contributed by atoms with van der Waals surface area (Å²) in [5.41, 5.74) is 0.967. The number of urea groups is 1. The third-order valence-electron chi connectivity index (χ3n) is 4.56. The smallest absolute Gasteiger partial charge is 0.318 e. The van der Waals surface area contributed by atoms with Gasteiger partial charge in [-0.15, -0.1) is 0 Å². The number of piperidine rings is 1. The van der Waals surface area contributed by atoms with E-state index in [0.717, 1.165) is 31.6 Å². The molecule has 1 atom stereocenters. The van der Waals surface area contributed by atoms with E-state index in [1.54, 1.807) is 6.33 Å². The van der Waals surface area contributed by atoms with Crippen LogP contribution in [0.5, 0.6) is 0 Å². The molecule has 3 heterocycles. The maximum atomic E-state index is 12.5. The Morgan fingerprint density at radius 1 is 1.40 bits per heavy atom. The van der Waals surface area contributed by atoms with Crippen LogP contribution in [0.1, 0.15) is 69.9 Å².